The van der Waals surface area contributed by atoms with Gasteiger partial charge in [-0.1, -0.05) is 81.8 Å². The van der Waals surface area contributed by atoms with Gasteiger partial charge in [0.05, 0.1) is 18.0 Å². The molecule has 6 nitrogen and oxygen atoms in total. The third-order valence-electron chi connectivity index (χ3n) is 6.38. The largest absolute Gasteiger partial charge is 0.495 e. The fourth-order valence-electron chi connectivity index (χ4n) is 4.36. The molecule has 0 bridgehead atoms. The number of hydrogen-bond donors (Lipinski definition) is 1. The number of thioether (sulfide) groups is 1. The molecule has 3 aromatic rings. The van der Waals surface area contributed by atoms with E-state index in [-0.39, 0.29) is 16.6 Å². The maximum atomic E-state index is 13.0. The molecular formula is C27H34N4O2S. The summed E-state index contributed by atoms with van der Waals surface area (Å²) in [6.07, 6.45) is 4.64. The van der Waals surface area contributed by atoms with Crippen molar-refractivity contribution < 1.29 is 9.53 Å². The van der Waals surface area contributed by atoms with E-state index in [2.05, 4.69) is 65.1 Å². The van der Waals surface area contributed by atoms with E-state index < -0.39 is 0 Å². The zero-order valence-corrected chi connectivity index (χ0v) is 21.5. The number of carbonyl (C=O) groups is 1. The van der Waals surface area contributed by atoms with Gasteiger partial charge in [0.25, 0.3) is 0 Å². The second-order valence-electron chi connectivity index (χ2n) is 9.89. The van der Waals surface area contributed by atoms with Crippen molar-refractivity contribution >= 4 is 23.4 Å². The highest BCUT2D eigenvalue weighted by Gasteiger charge is 2.27. The maximum absolute atomic E-state index is 13.0. The van der Waals surface area contributed by atoms with E-state index in [9.17, 15) is 4.79 Å². The van der Waals surface area contributed by atoms with Gasteiger partial charge in [0, 0.05) is 11.6 Å². The number of nitrogens with zero attached hydrogens (tertiary/aromatic N) is 3. The Morgan fingerprint density at radius 2 is 1.76 bits per heavy atom. The van der Waals surface area contributed by atoms with Gasteiger partial charge in [-0.05, 0) is 42.9 Å². The fourth-order valence-corrected chi connectivity index (χ4v) is 5.28. The van der Waals surface area contributed by atoms with Crippen molar-refractivity contribution in [1.29, 1.82) is 0 Å². The van der Waals surface area contributed by atoms with Gasteiger partial charge in [-0.25, -0.2) is 0 Å². The molecule has 0 saturated heterocycles. The highest BCUT2D eigenvalue weighted by molar-refractivity contribution is 8.00. The Balaban J connectivity index is 1.58. The molecule has 1 aromatic heterocycles. The second-order valence-corrected chi connectivity index (χ2v) is 11.2. The molecule has 1 amide bonds. The van der Waals surface area contributed by atoms with Crippen molar-refractivity contribution in [3.63, 3.8) is 0 Å². The maximum Gasteiger partial charge on any atom is 0.237 e. The molecule has 4 rings (SSSR count). The van der Waals surface area contributed by atoms with Gasteiger partial charge >= 0.3 is 0 Å². The first-order chi connectivity index (χ1) is 16.3. The lowest BCUT2D eigenvalue weighted by Gasteiger charge is -2.20. The molecule has 1 fully saturated rings. The quantitative estimate of drug-likeness (QED) is 0.393. The van der Waals surface area contributed by atoms with Crippen molar-refractivity contribution in [2.45, 2.75) is 75.2 Å². The van der Waals surface area contributed by atoms with Crippen molar-refractivity contribution in [1.82, 2.24) is 14.8 Å². The van der Waals surface area contributed by atoms with Crippen LogP contribution in [0.3, 0.4) is 0 Å². The van der Waals surface area contributed by atoms with E-state index in [0.29, 0.717) is 17.5 Å². The average Bonchev–Trinajstić information content (AvgIpc) is 3.48. The normalized spacial score (nSPS) is 15.3. The number of hydrogen-bond acceptors (Lipinski definition) is 5. The summed E-state index contributed by atoms with van der Waals surface area (Å²) in [6.45, 7) is 8.56. The number of benzene rings is 2. The standard InChI is InChI=1S/C27H34N4O2S/c1-18(25(32)28-22-12-8-9-13-23(22)33-5)34-26-30-29-24(31(26)21-10-6-7-11-21)19-14-16-20(17-15-19)27(2,3)4/h8-9,12-18,21H,6-7,10-11H2,1-5H3,(H,28,32)/t18-/m0/s1. The summed E-state index contributed by atoms with van der Waals surface area (Å²) in [5.74, 6) is 1.43. The van der Waals surface area contributed by atoms with Crippen molar-refractivity contribution in [2.24, 2.45) is 0 Å². The molecule has 180 valence electrons. The predicted molar refractivity (Wildman–Crippen MR) is 139 cm³/mol. The fraction of sp³-hybridized carbons (Fsp3) is 0.444. The number of para-hydroxylation sites is 2. The summed E-state index contributed by atoms with van der Waals surface area (Å²) >= 11 is 1.46. The number of amides is 1. The summed E-state index contributed by atoms with van der Waals surface area (Å²) < 4.78 is 7.63. The molecule has 1 aliphatic rings. The lowest BCUT2D eigenvalue weighted by Crippen LogP contribution is -2.23. The number of methoxy groups -OCH3 is 1. The summed E-state index contributed by atoms with van der Waals surface area (Å²) in [6, 6.07) is 16.4. The van der Waals surface area contributed by atoms with Crippen LogP contribution in [0.2, 0.25) is 0 Å². The molecule has 1 saturated carbocycles. The van der Waals surface area contributed by atoms with E-state index in [4.69, 9.17) is 4.74 Å². The first kappa shape index (κ1) is 24.3. The van der Waals surface area contributed by atoms with Gasteiger partial charge in [0.15, 0.2) is 11.0 Å². The lowest BCUT2D eigenvalue weighted by molar-refractivity contribution is -0.115. The molecule has 34 heavy (non-hydrogen) atoms. The average molecular weight is 479 g/mol. The third-order valence-corrected chi connectivity index (χ3v) is 7.44. The smallest absolute Gasteiger partial charge is 0.237 e. The van der Waals surface area contributed by atoms with E-state index in [1.165, 1.54) is 30.2 Å². The summed E-state index contributed by atoms with van der Waals surface area (Å²) in [7, 11) is 1.60. The zero-order chi connectivity index (χ0) is 24.3. The van der Waals surface area contributed by atoms with E-state index >= 15 is 0 Å². The first-order valence-electron chi connectivity index (χ1n) is 11.9. The van der Waals surface area contributed by atoms with Crippen molar-refractivity contribution in [3.05, 3.63) is 54.1 Å². The Morgan fingerprint density at radius 1 is 1.09 bits per heavy atom. The molecule has 1 heterocycles. The number of aromatic nitrogens is 3. The van der Waals surface area contributed by atoms with Gasteiger partial charge in [0.1, 0.15) is 5.75 Å². The number of rotatable bonds is 7. The Kier molecular flexibility index (Phi) is 7.31. The summed E-state index contributed by atoms with van der Waals surface area (Å²) in [5, 5.41) is 12.6. The van der Waals surface area contributed by atoms with Crippen LogP contribution < -0.4 is 10.1 Å². The summed E-state index contributed by atoms with van der Waals surface area (Å²) in [4.78, 5) is 13.0. The minimum Gasteiger partial charge on any atom is -0.495 e. The van der Waals surface area contributed by atoms with Gasteiger partial charge in [-0.3, -0.25) is 9.36 Å². The minimum absolute atomic E-state index is 0.0912. The molecule has 2 aromatic carbocycles. The minimum atomic E-state index is -0.342. The van der Waals surface area contributed by atoms with E-state index in [1.54, 1.807) is 7.11 Å². The van der Waals surface area contributed by atoms with Gasteiger partial charge in [0.2, 0.25) is 5.91 Å². The number of ether oxygens (including phenoxy) is 1. The molecule has 1 aliphatic carbocycles. The van der Waals surface area contributed by atoms with Crippen LogP contribution in [0.4, 0.5) is 5.69 Å². The molecule has 0 aliphatic heterocycles. The molecule has 7 heteroatoms. The van der Waals surface area contributed by atoms with E-state index in [0.717, 1.165) is 29.4 Å². The van der Waals surface area contributed by atoms with Crippen molar-refractivity contribution in [3.8, 4) is 17.1 Å². The summed E-state index contributed by atoms with van der Waals surface area (Å²) in [5.41, 5.74) is 3.12. The molecular weight excluding hydrogens is 444 g/mol. The van der Waals surface area contributed by atoms with Crippen LogP contribution >= 0.6 is 11.8 Å². The monoisotopic (exact) mass is 478 g/mol. The van der Waals surface area contributed by atoms with Crippen LogP contribution in [0.15, 0.2) is 53.7 Å². The van der Waals surface area contributed by atoms with Gasteiger partial charge in [-0.2, -0.15) is 0 Å². The second kappa shape index (κ2) is 10.2. The number of nitrogens with one attached hydrogen (secondary N) is 1. The van der Waals surface area contributed by atoms with Gasteiger partial charge in [-0.15, -0.1) is 10.2 Å². The van der Waals surface area contributed by atoms with Crippen LogP contribution in [-0.4, -0.2) is 33.0 Å². The van der Waals surface area contributed by atoms with Crippen LogP contribution in [0.5, 0.6) is 5.75 Å². The predicted octanol–water partition coefficient (Wildman–Crippen LogP) is 6.49. The molecule has 1 N–H and O–H groups in total. The van der Waals surface area contributed by atoms with Crippen molar-refractivity contribution in [2.75, 3.05) is 12.4 Å². The first-order valence-corrected chi connectivity index (χ1v) is 12.8. The molecule has 0 unspecified atom stereocenters. The van der Waals surface area contributed by atoms with Gasteiger partial charge < -0.3 is 10.1 Å². The Bertz CT molecular complexity index is 1130. The Labute approximate surface area is 206 Å². The Hall–Kier alpha value is -2.80. The van der Waals surface area contributed by atoms with Crippen LogP contribution in [0, 0.1) is 0 Å². The third kappa shape index (κ3) is 5.30. The topological polar surface area (TPSA) is 69.0 Å². The Morgan fingerprint density at radius 3 is 2.41 bits per heavy atom. The zero-order valence-electron chi connectivity index (χ0n) is 20.7. The molecule has 1 atom stereocenters. The molecule has 0 radical (unpaired) electrons. The van der Waals surface area contributed by atoms with Crippen LogP contribution in [0.25, 0.3) is 11.4 Å². The lowest BCUT2D eigenvalue weighted by atomic mass is 9.86. The number of anilines is 1. The molecule has 0 spiro atoms. The number of carbonyl (C=O) groups excluding carboxylic acids is 1. The SMILES string of the molecule is COc1ccccc1NC(=O)[C@H](C)Sc1nnc(-c2ccc(C(C)(C)C)cc2)n1C1CCCC1. The highest BCUT2D eigenvalue weighted by Crippen LogP contribution is 2.38. The highest BCUT2D eigenvalue weighted by atomic mass is 32.2. The van der Waals surface area contributed by atoms with Crippen LogP contribution in [-0.2, 0) is 10.2 Å². The van der Waals surface area contributed by atoms with E-state index in [1.807, 2.05) is 31.2 Å². The van der Waals surface area contributed by atoms with Crippen LogP contribution in [0.1, 0.15) is 65.0 Å².